The molecule has 5 nitrogen and oxygen atoms in total. The van der Waals surface area contributed by atoms with Crippen molar-refractivity contribution >= 4 is 11.6 Å². The minimum absolute atomic E-state index is 0.0792. The van der Waals surface area contributed by atoms with E-state index in [1.807, 2.05) is 18.0 Å². The number of amides is 1. The first-order valence-corrected chi connectivity index (χ1v) is 6.27. The van der Waals surface area contributed by atoms with Crippen molar-refractivity contribution in [3.8, 4) is 6.07 Å². The Morgan fingerprint density at radius 1 is 1.63 bits per heavy atom. The molecular weight excluding hydrogens is 242 g/mol. The Balaban J connectivity index is 1.88. The van der Waals surface area contributed by atoms with Crippen molar-refractivity contribution in [2.45, 2.75) is 12.5 Å². The fourth-order valence-corrected chi connectivity index (χ4v) is 2.09. The Morgan fingerprint density at radius 3 is 3.16 bits per heavy atom. The van der Waals surface area contributed by atoms with Crippen molar-refractivity contribution in [1.82, 2.24) is 4.90 Å². The van der Waals surface area contributed by atoms with Crippen molar-refractivity contribution in [2.24, 2.45) is 0 Å². The second kappa shape index (κ2) is 6.32. The smallest absolute Gasteiger partial charge is 0.238 e. The van der Waals surface area contributed by atoms with Crippen LogP contribution in [0.25, 0.3) is 0 Å². The number of ether oxygens (including phenoxy) is 1. The second-order valence-electron chi connectivity index (χ2n) is 4.67. The summed E-state index contributed by atoms with van der Waals surface area (Å²) in [4.78, 5) is 13.9. The second-order valence-corrected chi connectivity index (χ2v) is 4.67. The van der Waals surface area contributed by atoms with Crippen molar-refractivity contribution in [2.75, 3.05) is 32.1 Å². The van der Waals surface area contributed by atoms with Gasteiger partial charge in [0, 0.05) is 18.3 Å². The molecule has 0 aliphatic carbocycles. The van der Waals surface area contributed by atoms with Gasteiger partial charge in [0.25, 0.3) is 0 Å². The van der Waals surface area contributed by atoms with Crippen LogP contribution in [0.3, 0.4) is 0 Å². The quantitative estimate of drug-likeness (QED) is 0.883. The molecule has 1 aromatic rings. The largest absolute Gasteiger partial charge is 0.380 e. The summed E-state index contributed by atoms with van der Waals surface area (Å²) in [7, 11) is 1.92. The Kier molecular flexibility index (Phi) is 4.50. The third-order valence-electron chi connectivity index (χ3n) is 3.20. The molecule has 0 aromatic heterocycles. The molecule has 1 saturated heterocycles. The average Bonchev–Trinajstić information content (AvgIpc) is 2.92. The number of hydrogen-bond donors (Lipinski definition) is 1. The predicted octanol–water partition coefficient (Wildman–Crippen LogP) is 1.22. The third-order valence-corrected chi connectivity index (χ3v) is 3.20. The predicted molar refractivity (Wildman–Crippen MR) is 71.6 cm³/mol. The van der Waals surface area contributed by atoms with Crippen LogP contribution < -0.4 is 5.32 Å². The molecule has 1 aliphatic heterocycles. The summed E-state index contributed by atoms with van der Waals surface area (Å²) in [5.74, 6) is -0.0792. The molecule has 1 N–H and O–H groups in total. The third kappa shape index (κ3) is 3.78. The van der Waals surface area contributed by atoms with Gasteiger partial charge >= 0.3 is 0 Å². The number of nitriles is 1. The highest BCUT2D eigenvalue weighted by molar-refractivity contribution is 5.92. The highest BCUT2D eigenvalue weighted by Crippen LogP contribution is 2.12. The maximum absolute atomic E-state index is 11.9. The van der Waals surface area contributed by atoms with Gasteiger partial charge in [0.1, 0.15) is 0 Å². The summed E-state index contributed by atoms with van der Waals surface area (Å²) < 4.78 is 5.30. The van der Waals surface area contributed by atoms with Crippen LogP contribution in [0, 0.1) is 11.3 Å². The maximum atomic E-state index is 11.9. The lowest BCUT2D eigenvalue weighted by atomic mass is 10.2. The molecule has 0 saturated carbocycles. The molecule has 0 bridgehead atoms. The normalized spacial score (nSPS) is 18.3. The van der Waals surface area contributed by atoms with E-state index in [-0.39, 0.29) is 5.91 Å². The van der Waals surface area contributed by atoms with E-state index in [1.165, 1.54) is 0 Å². The van der Waals surface area contributed by atoms with Crippen LogP contribution in [0.2, 0.25) is 0 Å². The number of anilines is 1. The van der Waals surface area contributed by atoms with Crippen molar-refractivity contribution in [3.05, 3.63) is 29.8 Å². The molecular formula is C14H17N3O2. The molecule has 1 amide bonds. The van der Waals surface area contributed by atoms with Gasteiger partial charge in [-0.3, -0.25) is 9.69 Å². The minimum Gasteiger partial charge on any atom is -0.380 e. The number of nitrogens with zero attached hydrogens (tertiary/aromatic N) is 2. The van der Waals surface area contributed by atoms with Crippen molar-refractivity contribution in [1.29, 1.82) is 5.26 Å². The monoisotopic (exact) mass is 259 g/mol. The summed E-state index contributed by atoms with van der Waals surface area (Å²) in [6, 6.07) is 9.26. The van der Waals surface area contributed by atoms with E-state index >= 15 is 0 Å². The van der Waals surface area contributed by atoms with Gasteiger partial charge in [-0.1, -0.05) is 6.07 Å². The van der Waals surface area contributed by atoms with E-state index in [4.69, 9.17) is 10.00 Å². The van der Waals surface area contributed by atoms with E-state index in [2.05, 4.69) is 5.32 Å². The first-order valence-electron chi connectivity index (χ1n) is 6.27. The van der Waals surface area contributed by atoms with E-state index in [9.17, 15) is 4.79 Å². The van der Waals surface area contributed by atoms with Crippen LogP contribution in [-0.2, 0) is 9.53 Å². The Bertz CT molecular complexity index is 490. The van der Waals surface area contributed by atoms with Crippen LogP contribution in [0.15, 0.2) is 24.3 Å². The molecule has 1 aromatic carbocycles. The Morgan fingerprint density at radius 2 is 2.47 bits per heavy atom. The van der Waals surface area contributed by atoms with Gasteiger partial charge in [-0.2, -0.15) is 5.26 Å². The molecule has 100 valence electrons. The molecule has 0 spiro atoms. The zero-order valence-corrected chi connectivity index (χ0v) is 10.9. The number of likely N-dealkylation sites (N-methyl/N-ethyl adjacent to an activating group) is 1. The number of nitrogens with one attached hydrogen (secondary N) is 1. The lowest BCUT2D eigenvalue weighted by Gasteiger charge is -2.21. The molecule has 1 atom stereocenters. The molecule has 0 radical (unpaired) electrons. The standard InChI is InChI=1S/C14H17N3O2/c1-17(13-5-6-19-10-13)9-14(18)16-12-4-2-3-11(7-12)8-15/h2-4,7,13H,5-6,9-10H2,1H3,(H,16,18). The fraction of sp³-hybridized carbons (Fsp3) is 0.429. The Hall–Kier alpha value is -1.90. The van der Waals surface area contributed by atoms with E-state index < -0.39 is 0 Å². The van der Waals surface area contributed by atoms with Crippen molar-refractivity contribution < 1.29 is 9.53 Å². The molecule has 1 unspecified atom stereocenters. The van der Waals surface area contributed by atoms with Crippen LogP contribution in [0.1, 0.15) is 12.0 Å². The minimum atomic E-state index is -0.0792. The number of carbonyl (C=O) groups is 1. The topological polar surface area (TPSA) is 65.4 Å². The first kappa shape index (κ1) is 13.5. The van der Waals surface area contributed by atoms with E-state index in [1.54, 1.807) is 24.3 Å². The van der Waals surface area contributed by atoms with Crippen LogP contribution in [0.4, 0.5) is 5.69 Å². The van der Waals surface area contributed by atoms with Gasteiger partial charge in [0.05, 0.1) is 24.8 Å². The maximum Gasteiger partial charge on any atom is 0.238 e. The summed E-state index contributed by atoms with van der Waals surface area (Å²) in [5.41, 5.74) is 1.19. The highest BCUT2D eigenvalue weighted by atomic mass is 16.5. The molecule has 19 heavy (non-hydrogen) atoms. The average molecular weight is 259 g/mol. The van der Waals surface area contributed by atoms with Crippen LogP contribution in [-0.4, -0.2) is 43.7 Å². The molecule has 2 rings (SSSR count). The van der Waals surface area contributed by atoms with Gasteiger partial charge in [0.2, 0.25) is 5.91 Å². The first-order chi connectivity index (χ1) is 9.19. The fourth-order valence-electron chi connectivity index (χ4n) is 2.09. The lowest BCUT2D eigenvalue weighted by molar-refractivity contribution is -0.117. The summed E-state index contributed by atoms with van der Waals surface area (Å²) in [6.07, 6.45) is 0.966. The SMILES string of the molecule is CN(CC(=O)Nc1cccc(C#N)c1)C1CCOC1. The van der Waals surface area contributed by atoms with Crippen LogP contribution >= 0.6 is 0 Å². The molecule has 5 heteroatoms. The zero-order chi connectivity index (χ0) is 13.7. The van der Waals surface area contributed by atoms with Gasteiger partial charge in [-0.15, -0.1) is 0 Å². The number of carbonyl (C=O) groups excluding carboxylic acids is 1. The summed E-state index contributed by atoms with van der Waals surface area (Å²) >= 11 is 0. The van der Waals surface area contributed by atoms with Crippen molar-refractivity contribution in [3.63, 3.8) is 0 Å². The zero-order valence-electron chi connectivity index (χ0n) is 10.9. The molecule has 1 fully saturated rings. The van der Waals surface area contributed by atoms with E-state index in [0.717, 1.165) is 13.0 Å². The highest BCUT2D eigenvalue weighted by Gasteiger charge is 2.21. The number of hydrogen-bond acceptors (Lipinski definition) is 4. The number of rotatable bonds is 4. The summed E-state index contributed by atoms with van der Waals surface area (Å²) in [5, 5.41) is 11.6. The van der Waals surface area contributed by atoms with Gasteiger partial charge < -0.3 is 10.1 Å². The molecule has 1 aliphatic rings. The van der Waals surface area contributed by atoms with E-state index in [0.29, 0.717) is 30.4 Å². The Labute approximate surface area is 112 Å². The number of benzene rings is 1. The van der Waals surface area contributed by atoms with Gasteiger partial charge in [0.15, 0.2) is 0 Å². The van der Waals surface area contributed by atoms with Gasteiger partial charge in [-0.25, -0.2) is 0 Å². The lowest BCUT2D eigenvalue weighted by Crippen LogP contribution is -2.38. The molecule has 1 heterocycles. The summed E-state index contributed by atoms with van der Waals surface area (Å²) in [6.45, 7) is 1.78. The van der Waals surface area contributed by atoms with Crippen LogP contribution in [0.5, 0.6) is 0 Å². The van der Waals surface area contributed by atoms with Gasteiger partial charge in [-0.05, 0) is 31.7 Å².